The van der Waals surface area contributed by atoms with E-state index < -0.39 is 17.7 Å². The van der Waals surface area contributed by atoms with Gasteiger partial charge in [-0.15, -0.1) is 0 Å². The molecule has 0 unspecified atom stereocenters. The molecule has 4 amide bonds. The van der Waals surface area contributed by atoms with Gasteiger partial charge < -0.3 is 21.3 Å². The Morgan fingerprint density at radius 3 is 2.58 bits per heavy atom. The summed E-state index contributed by atoms with van der Waals surface area (Å²) >= 11 is 0. The number of hydrogen-bond donors (Lipinski definition) is 3. The molecule has 1 saturated heterocycles. The van der Waals surface area contributed by atoms with Crippen LogP contribution in [-0.4, -0.2) is 48.2 Å². The van der Waals surface area contributed by atoms with Crippen LogP contribution >= 0.6 is 0 Å². The molecule has 24 heavy (non-hydrogen) atoms. The highest BCUT2D eigenvalue weighted by atomic mass is 16.2. The highest BCUT2D eigenvalue weighted by molar-refractivity contribution is 6.40. The van der Waals surface area contributed by atoms with Crippen molar-refractivity contribution in [3.05, 3.63) is 29.8 Å². The molecule has 128 valence electrons. The van der Waals surface area contributed by atoms with Crippen molar-refractivity contribution >= 4 is 29.3 Å². The minimum atomic E-state index is -0.874. The number of carbonyl (C=O) groups is 4. The molecule has 1 aliphatic rings. The molecule has 4 N–H and O–H groups in total. The van der Waals surface area contributed by atoms with Gasteiger partial charge in [-0.25, -0.2) is 0 Å². The fourth-order valence-electron chi connectivity index (χ4n) is 2.48. The van der Waals surface area contributed by atoms with Gasteiger partial charge >= 0.3 is 11.8 Å². The predicted octanol–water partition coefficient (Wildman–Crippen LogP) is -0.147. The second-order valence-electron chi connectivity index (χ2n) is 5.46. The van der Waals surface area contributed by atoms with Gasteiger partial charge in [0.2, 0.25) is 5.91 Å². The van der Waals surface area contributed by atoms with E-state index in [1.165, 1.54) is 12.1 Å². The lowest BCUT2D eigenvalue weighted by Crippen LogP contribution is -2.37. The van der Waals surface area contributed by atoms with Gasteiger partial charge in [-0.1, -0.05) is 12.1 Å². The van der Waals surface area contributed by atoms with E-state index in [1.54, 1.807) is 17.0 Å². The summed E-state index contributed by atoms with van der Waals surface area (Å²) in [7, 11) is 0. The van der Waals surface area contributed by atoms with E-state index in [9.17, 15) is 19.2 Å². The molecule has 0 bridgehead atoms. The topological polar surface area (TPSA) is 122 Å². The Bertz CT molecular complexity index is 659. The van der Waals surface area contributed by atoms with E-state index in [0.29, 0.717) is 19.4 Å². The summed E-state index contributed by atoms with van der Waals surface area (Å²) in [6, 6.07) is 6.18. The number of anilines is 1. The summed E-state index contributed by atoms with van der Waals surface area (Å²) in [5, 5.41) is 4.85. The molecule has 0 aliphatic carbocycles. The molecule has 1 aromatic rings. The molecule has 1 aliphatic heterocycles. The molecule has 0 aromatic heterocycles. The number of nitrogens with two attached hydrogens (primary N) is 1. The van der Waals surface area contributed by atoms with E-state index >= 15 is 0 Å². The maximum atomic E-state index is 11.8. The Morgan fingerprint density at radius 1 is 1.17 bits per heavy atom. The Labute approximate surface area is 139 Å². The standard InChI is InChI=1S/C16H20N4O4/c17-14(22)11-5-1-2-6-12(11)19-16(24)15(23)18-8-4-10-20-9-3-7-13(20)21/h1-2,5-6H,3-4,7-10H2,(H2,17,22)(H,18,23)(H,19,24). The number of carbonyl (C=O) groups excluding carboxylic acids is 4. The van der Waals surface area contributed by atoms with Gasteiger partial charge in [0.15, 0.2) is 0 Å². The Morgan fingerprint density at radius 2 is 1.92 bits per heavy atom. The van der Waals surface area contributed by atoms with Crippen LogP contribution in [0.4, 0.5) is 5.69 Å². The number of nitrogens with one attached hydrogen (secondary N) is 2. The van der Waals surface area contributed by atoms with Crippen molar-refractivity contribution in [2.75, 3.05) is 25.0 Å². The highest BCUT2D eigenvalue weighted by Crippen LogP contribution is 2.14. The second-order valence-corrected chi connectivity index (χ2v) is 5.46. The molecule has 8 heteroatoms. The highest BCUT2D eigenvalue weighted by Gasteiger charge is 2.20. The molecule has 0 radical (unpaired) electrons. The third-order valence-corrected chi connectivity index (χ3v) is 3.71. The van der Waals surface area contributed by atoms with Gasteiger partial charge in [0.05, 0.1) is 11.3 Å². The third-order valence-electron chi connectivity index (χ3n) is 3.71. The molecule has 0 spiro atoms. The van der Waals surface area contributed by atoms with Crippen molar-refractivity contribution in [1.82, 2.24) is 10.2 Å². The molecular weight excluding hydrogens is 312 g/mol. The Balaban J connectivity index is 1.77. The average Bonchev–Trinajstić information content (AvgIpc) is 2.96. The molecule has 0 saturated carbocycles. The van der Waals surface area contributed by atoms with Crippen molar-refractivity contribution in [3.8, 4) is 0 Å². The van der Waals surface area contributed by atoms with Crippen LogP contribution in [0.2, 0.25) is 0 Å². The number of benzene rings is 1. The fourth-order valence-corrected chi connectivity index (χ4v) is 2.48. The molecule has 8 nitrogen and oxygen atoms in total. The largest absolute Gasteiger partial charge is 0.366 e. The lowest BCUT2D eigenvalue weighted by molar-refractivity contribution is -0.136. The summed E-state index contributed by atoms with van der Waals surface area (Å²) in [5.74, 6) is -2.24. The van der Waals surface area contributed by atoms with Crippen LogP contribution in [0.25, 0.3) is 0 Å². The zero-order valence-electron chi connectivity index (χ0n) is 13.2. The number of hydrogen-bond acceptors (Lipinski definition) is 4. The summed E-state index contributed by atoms with van der Waals surface area (Å²) in [6.45, 7) is 1.59. The van der Waals surface area contributed by atoms with Crippen LogP contribution in [-0.2, 0) is 14.4 Å². The lowest BCUT2D eigenvalue weighted by atomic mass is 10.1. The minimum absolute atomic E-state index is 0.127. The number of nitrogens with zero attached hydrogens (tertiary/aromatic N) is 1. The number of amides is 4. The first kappa shape index (κ1) is 17.5. The normalized spacial score (nSPS) is 13.7. The zero-order chi connectivity index (χ0) is 17.5. The van der Waals surface area contributed by atoms with Crippen molar-refractivity contribution in [2.24, 2.45) is 5.73 Å². The van der Waals surface area contributed by atoms with E-state index in [2.05, 4.69) is 10.6 Å². The molecule has 1 aromatic carbocycles. The average molecular weight is 332 g/mol. The summed E-state index contributed by atoms with van der Waals surface area (Å²) in [4.78, 5) is 48.1. The number of para-hydroxylation sites is 1. The minimum Gasteiger partial charge on any atom is -0.366 e. The van der Waals surface area contributed by atoms with Crippen molar-refractivity contribution in [3.63, 3.8) is 0 Å². The smallest absolute Gasteiger partial charge is 0.313 e. The Kier molecular flexibility index (Phi) is 5.89. The number of rotatable bonds is 6. The van der Waals surface area contributed by atoms with Crippen molar-refractivity contribution < 1.29 is 19.2 Å². The number of likely N-dealkylation sites (tertiary alicyclic amines) is 1. The van der Waals surface area contributed by atoms with E-state index in [-0.39, 0.29) is 23.7 Å². The van der Waals surface area contributed by atoms with Gasteiger partial charge in [0.25, 0.3) is 5.91 Å². The fraction of sp³-hybridized carbons (Fsp3) is 0.375. The van der Waals surface area contributed by atoms with Gasteiger partial charge in [-0.05, 0) is 25.0 Å². The van der Waals surface area contributed by atoms with E-state index in [4.69, 9.17) is 5.73 Å². The monoisotopic (exact) mass is 332 g/mol. The first-order valence-electron chi connectivity index (χ1n) is 7.75. The summed E-state index contributed by atoms with van der Waals surface area (Å²) in [6.07, 6.45) is 2.02. The molecule has 2 rings (SSSR count). The van der Waals surface area contributed by atoms with Crippen LogP contribution in [0.1, 0.15) is 29.6 Å². The van der Waals surface area contributed by atoms with E-state index in [1.807, 2.05) is 0 Å². The van der Waals surface area contributed by atoms with Crippen molar-refractivity contribution in [1.29, 1.82) is 0 Å². The molecule has 1 fully saturated rings. The number of primary amides is 1. The Hall–Kier alpha value is -2.90. The van der Waals surface area contributed by atoms with Crippen LogP contribution in [0.3, 0.4) is 0 Å². The summed E-state index contributed by atoms with van der Waals surface area (Å²) in [5.41, 5.74) is 5.53. The van der Waals surface area contributed by atoms with Crippen LogP contribution in [0, 0.1) is 0 Å². The maximum absolute atomic E-state index is 11.8. The van der Waals surface area contributed by atoms with Crippen LogP contribution < -0.4 is 16.4 Å². The van der Waals surface area contributed by atoms with Crippen molar-refractivity contribution in [2.45, 2.75) is 19.3 Å². The first-order valence-corrected chi connectivity index (χ1v) is 7.75. The SMILES string of the molecule is NC(=O)c1ccccc1NC(=O)C(=O)NCCCN1CCCC1=O. The van der Waals surface area contributed by atoms with Gasteiger partial charge in [-0.2, -0.15) is 0 Å². The van der Waals surface area contributed by atoms with Crippen LogP contribution in [0.15, 0.2) is 24.3 Å². The van der Waals surface area contributed by atoms with Gasteiger partial charge in [-0.3, -0.25) is 19.2 Å². The van der Waals surface area contributed by atoms with Gasteiger partial charge in [0.1, 0.15) is 0 Å². The molecule has 1 heterocycles. The lowest BCUT2D eigenvalue weighted by Gasteiger charge is -2.15. The molecule has 0 atom stereocenters. The predicted molar refractivity (Wildman–Crippen MR) is 87.0 cm³/mol. The zero-order valence-corrected chi connectivity index (χ0v) is 13.2. The van der Waals surface area contributed by atoms with E-state index in [0.717, 1.165) is 13.0 Å². The first-order chi connectivity index (χ1) is 11.5. The maximum Gasteiger partial charge on any atom is 0.313 e. The van der Waals surface area contributed by atoms with Crippen LogP contribution in [0.5, 0.6) is 0 Å². The second kappa shape index (κ2) is 8.09. The molecular formula is C16H20N4O4. The van der Waals surface area contributed by atoms with Gasteiger partial charge in [0, 0.05) is 26.1 Å². The third kappa shape index (κ3) is 4.55. The summed E-state index contributed by atoms with van der Waals surface area (Å²) < 4.78 is 0. The quantitative estimate of drug-likeness (QED) is 0.495.